The standard InChI is InChI=1S/C31H25IN2O5/c1-18-11-19(2)13-23(12-18)34-30(36)25(29(35)33-31(34)37)14-20-15-26(32)28(27(16-20)38-3)39-17-22-9-6-8-21-7-4-5-10-24(21)22/h4-16H,17H2,1-3H3,(H,33,35,37). The van der Waals surface area contributed by atoms with Crippen LogP contribution in [0.2, 0.25) is 0 Å². The highest BCUT2D eigenvalue weighted by atomic mass is 127. The zero-order valence-electron chi connectivity index (χ0n) is 21.6. The van der Waals surface area contributed by atoms with Crippen LogP contribution in [0.25, 0.3) is 16.8 Å². The third-order valence-corrected chi connectivity index (χ3v) is 7.18. The minimum Gasteiger partial charge on any atom is -0.493 e. The number of barbiturate groups is 1. The molecule has 4 aromatic rings. The van der Waals surface area contributed by atoms with Crippen molar-refractivity contribution in [1.29, 1.82) is 0 Å². The molecule has 1 N–H and O–H groups in total. The van der Waals surface area contributed by atoms with Crippen molar-refractivity contribution < 1.29 is 23.9 Å². The number of rotatable bonds is 6. The van der Waals surface area contributed by atoms with E-state index in [2.05, 4.69) is 46.1 Å². The first-order valence-electron chi connectivity index (χ1n) is 12.2. The van der Waals surface area contributed by atoms with E-state index >= 15 is 0 Å². The number of ether oxygens (including phenoxy) is 2. The van der Waals surface area contributed by atoms with Crippen molar-refractivity contribution in [3.8, 4) is 11.5 Å². The molecule has 0 spiro atoms. The van der Waals surface area contributed by atoms with Crippen LogP contribution in [0.5, 0.6) is 11.5 Å². The van der Waals surface area contributed by atoms with E-state index < -0.39 is 17.8 Å². The fourth-order valence-corrected chi connectivity index (χ4v) is 5.45. The molecule has 0 aromatic heterocycles. The second kappa shape index (κ2) is 10.9. The predicted octanol–water partition coefficient (Wildman–Crippen LogP) is 6.32. The first kappa shape index (κ1) is 26.4. The number of nitrogens with zero attached hydrogens (tertiary/aromatic N) is 1. The van der Waals surface area contributed by atoms with Crippen molar-refractivity contribution in [1.82, 2.24) is 5.32 Å². The summed E-state index contributed by atoms with van der Waals surface area (Å²) in [6.45, 7) is 4.09. The van der Waals surface area contributed by atoms with Gasteiger partial charge in [-0.2, -0.15) is 0 Å². The van der Waals surface area contributed by atoms with Gasteiger partial charge in [-0.05, 0) is 99.8 Å². The summed E-state index contributed by atoms with van der Waals surface area (Å²) in [5.74, 6) is -0.436. The summed E-state index contributed by atoms with van der Waals surface area (Å²) in [7, 11) is 1.53. The van der Waals surface area contributed by atoms with Crippen molar-refractivity contribution in [2.75, 3.05) is 12.0 Å². The number of anilines is 1. The van der Waals surface area contributed by atoms with E-state index in [0.717, 1.165) is 35.9 Å². The van der Waals surface area contributed by atoms with Gasteiger partial charge in [0.2, 0.25) is 0 Å². The van der Waals surface area contributed by atoms with Crippen LogP contribution >= 0.6 is 22.6 Å². The Kier molecular flexibility index (Phi) is 7.38. The molecule has 0 bridgehead atoms. The van der Waals surface area contributed by atoms with Gasteiger partial charge in [-0.1, -0.05) is 48.5 Å². The van der Waals surface area contributed by atoms with Gasteiger partial charge in [0.1, 0.15) is 12.2 Å². The molecule has 0 atom stereocenters. The number of benzene rings is 4. The summed E-state index contributed by atoms with van der Waals surface area (Å²) >= 11 is 2.14. The molecule has 1 saturated heterocycles. The van der Waals surface area contributed by atoms with E-state index in [1.54, 1.807) is 24.3 Å². The summed E-state index contributed by atoms with van der Waals surface area (Å²) < 4.78 is 12.6. The first-order valence-corrected chi connectivity index (χ1v) is 13.3. The van der Waals surface area contributed by atoms with Gasteiger partial charge in [-0.3, -0.25) is 14.9 Å². The second-order valence-electron chi connectivity index (χ2n) is 9.26. The molecule has 1 fully saturated rings. The van der Waals surface area contributed by atoms with Crippen LogP contribution in [0.15, 0.2) is 78.4 Å². The number of fused-ring (bicyclic) bond motifs is 1. The Bertz CT molecular complexity index is 1650. The molecular formula is C31H25IN2O5. The van der Waals surface area contributed by atoms with Crippen LogP contribution in [0, 0.1) is 17.4 Å². The highest BCUT2D eigenvalue weighted by Gasteiger charge is 2.37. The number of amides is 4. The number of hydrogen-bond acceptors (Lipinski definition) is 5. The summed E-state index contributed by atoms with van der Waals surface area (Å²) in [5, 5.41) is 4.52. The van der Waals surface area contributed by atoms with E-state index in [0.29, 0.717) is 29.4 Å². The van der Waals surface area contributed by atoms with Gasteiger partial charge in [0.05, 0.1) is 16.4 Å². The molecule has 196 valence electrons. The molecule has 8 heteroatoms. The first-order chi connectivity index (χ1) is 18.7. The summed E-state index contributed by atoms with van der Waals surface area (Å²) in [5.41, 5.74) is 3.63. The van der Waals surface area contributed by atoms with Gasteiger partial charge in [-0.25, -0.2) is 9.69 Å². The third kappa shape index (κ3) is 5.37. The Morgan fingerprint density at radius 2 is 1.64 bits per heavy atom. The smallest absolute Gasteiger partial charge is 0.335 e. The normalized spacial score (nSPS) is 14.6. The van der Waals surface area contributed by atoms with Gasteiger partial charge in [0.15, 0.2) is 11.5 Å². The molecule has 7 nitrogen and oxygen atoms in total. The number of imide groups is 2. The maximum Gasteiger partial charge on any atom is 0.335 e. The highest BCUT2D eigenvalue weighted by molar-refractivity contribution is 14.1. The molecule has 4 aromatic carbocycles. The number of nitrogens with one attached hydrogen (secondary N) is 1. The van der Waals surface area contributed by atoms with E-state index in [1.807, 2.05) is 44.2 Å². The second-order valence-corrected chi connectivity index (χ2v) is 10.4. The lowest BCUT2D eigenvalue weighted by molar-refractivity contribution is -0.122. The van der Waals surface area contributed by atoms with E-state index in [1.165, 1.54) is 13.2 Å². The fraction of sp³-hybridized carbons (Fsp3) is 0.129. The number of aryl methyl sites for hydroxylation is 2. The van der Waals surface area contributed by atoms with Crippen LogP contribution in [0.4, 0.5) is 10.5 Å². The number of hydrogen-bond donors (Lipinski definition) is 1. The molecule has 0 saturated carbocycles. The molecule has 1 aliphatic heterocycles. The largest absolute Gasteiger partial charge is 0.493 e. The van der Waals surface area contributed by atoms with Gasteiger partial charge in [0.25, 0.3) is 11.8 Å². The van der Waals surface area contributed by atoms with Crippen molar-refractivity contribution >= 4 is 63.0 Å². The molecule has 5 rings (SSSR count). The minimum atomic E-state index is -0.781. The average molecular weight is 632 g/mol. The van der Waals surface area contributed by atoms with Gasteiger partial charge >= 0.3 is 6.03 Å². The van der Waals surface area contributed by atoms with E-state index in [4.69, 9.17) is 9.47 Å². The summed E-state index contributed by atoms with van der Waals surface area (Å²) in [4.78, 5) is 39.7. The Morgan fingerprint density at radius 3 is 2.38 bits per heavy atom. The lowest BCUT2D eigenvalue weighted by atomic mass is 10.0. The number of halogens is 1. The minimum absolute atomic E-state index is 0.156. The number of carbonyl (C=O) groups is 3. The molecule has 0 unspecified atom stereocenters. The van der Waals surface area contributed by atoms with E-state index in [9.17, 15) is 14.4 Å². The van der Waals surface area contributed by atoms with Gasteiger partial charge in [-0.15, -0.1) is 0 Å². The van der Waals surface area contributed by atoms with E-state index in [-0.39, 0.29) is 5.57 Å². The molecule has 39 heavy (non-hydrogen) atoms. The molecule has 4 amide bonds. The summed E-state index contributed by atoms with van der Waals surface area (Å²) in [6.07, 6.45) is 1.46. The van der Waals surface area contributed by atoms with Gasteiger partial charge in [0, 0.05) is 0 Å². The third-order valence-electron chi connectivity index (χ3n) is 6.38. The van der Waals surface area contributed by atoms with Crippen LogP contribution in [-0.2, 0) is 16.2 Å². The average Bonchev–Trinajstić information content (AvgIpc) is 2.89. The van der Waals surface area contributed by atoms with Crippen LogP contribution < -0.4 is 19.7 Å². The fourth-order valence-electron chi connectivity index (χ4n) is 4.67. The van der Waals surface area contributed by atoms with Crippen molar-refractivity contribution in [2.45, 2.75) is 20.5 Å². The van der Waals surface area contributed by atoms with Crippen LogP contribution in [0.3, 0.4) is 0 Å². The quantitative estimate of drug-likeness (QED) is 0.153. The zero-order valence-corrected chi connectivity index (χ0v) is 23.7. The number of carbonyl (C=O) groups excluding carboxylic acids is 3. The summed E-state index contributed by atoms with van der Waals surface area (Å²) in [6, 6.07) is 22.3. The van der Waals surface area contributed by atoms with Crippen molar-refractivity contribution in [3.63, 3.8) is 0 Å². The molecular weight excluding hydrogens is 607 g/mol. The monoisotopic (exact) mass is 632 g/mol. The van der Waals surface area contributed by atoms with Crippen molar-refractivity contribution in [3.05, 3.63) is 104 Å². The Hall–Kier alpha value is -4.18. The number of urea groups is 1. The van der Waals surface area contributed by atoms with Crippen LogP contribution in [0.1, 0.15) is 22.3 Å². The lowest BCUT2D eigenvalue weighted by Crippen LogP contribution is -2.54. The SMILES string of the molecule is COc1cc(C=C2C(=O)NC(=O)N(c3cc(C)cc(C)c3)C2=O)cc(I)c1OCc1cccc2ccccc12. The molecule has 0 radical (unpaired) electrons. The molecule has 1 heterocycles. The maximum absolute atomic E-state index is 13.4. The molecule has 1 aliphatic rings. The predicted molar refractivity (Wildman–Crippen MR) is 159 cm³/mol. The topological polar surface area (TPSA) is 84.9 Å². The Labute approximate surface area is 239 Å². The Balaban J connectivity index is 1.45. The van der Waals surface area contributed by atoms with Crippen LogP contribution in [-0.4, -0.2) is 25.0 Å². The maximum atomic E-state index is 13.4. The zero-order chi connectivity index (χ0) is 27.7. The van der Waals surface area contributed by atoms with Gasteiger partial charge < -0.3 is 9.47 Å². The van der Waals surface area contributed by atoms with Crippen molar-refractivity contribution in [2.24, 2.45) is 0 Å². The number of methoxy groups -OCH3 is 1. The Morgan fingerprint density at radius 1 is 0.923 bits per heavy atom. The molecule has 0 aliphatic carbocycles. The lowest BCUT2D eigenvalue weighted by Gasteiger charge is -2.27. The highest BCUT2D eigenvalue weighted by Crippen LogP contribution is 2.36.